The molecule has 0 aromatic rings. The van der Waals surface area contributed by atoms with Gasteiger partial charge in [-0.2, -0.15) is 0 Å². The van der Waals surface area contributed by atoms with Crippen molar-refractivity contribution in [1.82, 2.24) is 5.32 Å². The summed E-state index contributed by atoms with van der Waals surface area (Å²) in [4.78, 5) is 0. The summed E-state index contributed by atoms with van der Waals surface area (Å²) in [6, 6.07) is 0.647. The molecule has 0 aliphatic heterocycles. The molecule has 0 aromatic carbocycles. The highest BCUT2D eigenvalue weighted by molar-refractivity contribution is 4.87. The first-order valence-electron chi connectivity index (χ1n) is 8.55. The predicted octanol–water partition coefficient (Wildman–Crippen LogP) is 3.88. The van der Waals surface area contributed by atoms with Gasteiger partial charge in [-0.15, -0.1) is 0 Å². The molecule has 0 heterocycles. The van der Waals surface area contributed by atoms with Gasteiger partial charge in [-0.05, 0) is 37.5 Å². The number of aliphatic hydroxyl groups is 1. The van der Waals surface area contributed by atoms with Crippen LogP contribution in [-0.2, 0) is 0 Å². The van der Waals surface area contributed by atoms with Gasteiger partial charge in [0.25, 0.3) is 0 Å². The molecule has 2 nitrogen and oxygen atoms in total. The van der Waals surface area contributed by atoms with Crippen molar-refractivity contribution in [2.24, 2.45) is 11.8 Å². The smallest absolute Gasteiger partial charge is 0.0771 e. The van der Waals surface area contributed by atoms with E-state index in [9.17, 15) is 5.11 Å². The van der Waals surface area contributed by atoms with Crippen LogP contribution in [0.1, 0.15) is 78.1 Å². The second-order valence-corrected chi connectivity index (χ2v) is 7.39. The van der Waals surface area contributed by atoms with Gasteiger partial charge in [0, 0.05) is 12.6 Å². The number of hydrogen-bond acceptors (Lipinski definition) is 2. The first kappa shape index (κ1) is 15.3. The molecule has 0 amide bonds. The highest BCUT2D eigenvalue weighted by Gasteiger charge is 2.30. The molecule has 0 saturated heterocycles. The van der Waals surface area contributed by atoms with Crippen molar-refractivity contribution < 1.29 is 5.11 Å². The standard InChI is InChI=1S/C17H33NO/c1-14(2)15-8-7-9-16(12-15)18-13-17(19)10-5-3-4-6-11-17/h14-16,18-19H,3-13H2,1-2H3. The third-order valence-corrected chi connectivity index (χ3v) is 5.41. The first-order chi connectivity index (χ1) is 9.09. The van der Waals surface area contributed by atoms with E-state index in [1.807, 2.05) is 0 Å². The van der Waals surface area contributed by atoms with Gasteiger partial charge in [-0.25, -0.2) is 0 Å². The van der Waals surface area contributed by atoms with Crippen LogP contribution in [0.15, 0.2) is 0 Å². The molecule has 2 aliphatic carbocycles. The minimum absolute atomic E-state index is 0.415. The number of rotatable bonds is 4. The molecule has 2 unspecified atom stereocenters. The van der Waals surface area contributed by atoms with E-state index in [2.05, 4.69) is 19.2 Å². The normalized spacial score (nSPS) is 32.2. The Balaban J connectivity index is 1.77. The molecule has 2 rings (SSSR count). The van der Waals surface area contributed by atoms with Gasteiger partial charge in [-0.3, -0.25) is 0 Å². The van der Waals surface area contributed by atoms with E-state index in [-0.39, 0.29) is 0 Å². The van der Waals surface area contributed by atoms with Crippen LogP contribution in [0.2, 0.25) is 0 Å². The topological polar surface area (TPSA) is 32.3 Å². The van der Waals surface area contributed by atoms with E-state index in [1.165, 1.54) is 51.4 Å². The quantitative estimate of drug-likeness (QED) is 0.758. The van der Waals surface area contributed by atoms with E-state index in [4.69, 9.17) is 0 Å². The Kier molecular flexibility index (Phi) is 5.70. The monoisotopic (exact) mass is 267 g/mol. The van der Waals surface area contributed by atoms with E-state index in [0.717, 1.165) is 31.2 Å². The lowest BCUT2D eigenvalue weighted by molar-refractivity contribution is 0.0202. The maximum Gasteiger partial charge on any atom is 0.0771 e. The van der Waals surface area contributed by atoms with Gasteiger partial charge in [0.2, 0.25) is 0 Å². The van der Waals surface area contributed by atoms with Crippen LogP contribution in [0, 0.1) is 11.8 Å². The second-order valence-electron chi connectivity index (χ2n) is 7.39. The molecule has 2 fully saturated rings. The van der Waals surface area contributed by atoms with Crippen LogP contribution in [0.3, 0.4) is 0 Å². The third kappa shape index (κ3) is 4.75. The summed E-state index contributed by atoms with van der Waals surface area (Å²) in [5, 5.41) is 14.4. The molecule has 0 bridgehead atoms. The molecule has 2 N–H and O–H groups in total. The zero-order valence-corrected chi connectivity index (χ0v) is 13.0. The van der Waals surface area contributed by atoms with Crippen LogP contribution in [0.5, 0.6) is 0 Å². The predicted molar refractivity (Wildman–Crippen MR) is 81.2 cm³/mol. The fourth-order valence-electron chi connectivity index (χ4n) is 3.92. The first-order valence-corrected chi connectivity index (χ1v) is 8.55. The zero-order valence-electron chi connectivity index (χ0n) is 13.0. The number of nitrogens with one attached hydrogen (secondary N) is 1. The van der Waals surface area contributed by atoms with Crippen molar-refractivity contribution >= 4 is 0 Å². The van der Waals surface area contributed by atoms with E-state index < -0.39 is 5.60 Å². The molecule has 19 heavy (non-hydrogen) atoms. The molecule has 2 saturated carbocycles. The Morgan fingerprint density at radius 1 is 1.05 bits per heavy atom. The Hall–Kier alpha value is -0.0800. The minimum atomic E-state index is -0.415. The highest BCUT2D eigenvalue weighted by atomic mass is 16.3. The van der Waals surface area contributed by atoms with Crippen molar-refractivity contribution in [3.63, 3.8) is 0 Å². The molecule has 2 atom stereocenters. The lowest BCUT2D eigenvalue weighted by atomic mass is 9.79. The van der Waals surface area contributed by atoms with Crippen molar-refractivity contribution in [2.45, 2.75) is 89.7 Å². The van der Waals surface area contributed by atoms with Crippen molar-refractivity contribution in [3.05, 3.63) is 0 Å². The average molecular weight is 267 g/mol. The largest absolute Gasteiger partial charge is 0.389 e. The van der Waals surface area contributed by atoms with Crippen molar-refractivity contribution in [1.29, 1.82) is 0 Å². The molecule has 112 valence electrons. The average Bonchev–Trinajstić information content (AvgIpc) is 2.62. The molecule has 0 spiro atoms. The summed E-state index contributed by atoms with van der Waals surface area (Å²) in [5.41, 5.74) is -0.415. The number of hydrogen-bond donors (Lipinski definition) is 2. The molecule has 0 aromatic heterocycles. The Bertz CT molecular complexity index is 256. The van der Waals surface area contributed by atoms with E-state index in [0.29, 0.717) is 6.04 Å². The van der Waals surface area contributed by atoms with Crippen LogP contribution in [0.25, 0.3) is 0 Å². The van der Waals surface area contributed by atoms with Crippen LogP contribution in [0.4, 0.5) is 0 Å². The summed E-state index contributed by atoms with van der Waals surface area (Å²) in [6.07, 6.45) is 12.4. The summed E-state index contributed by atoms with van der Waals surface area (Å²) < 4.78 is 0. The zero-order chi connectivity index (χ0) is 13.7. The van der Waals surface area contributed by atoms with Crippen LogP contribution < -0.4 is 5.32 Å². The summed E-state index contributed by atoms with van der Waals surface area (Å²) >= 11 is 0. The van der Waals surface area contributed by atoms with Crippen molar-refractivity contribution in [3.8, 4) is 0 Å². The van der Waals surface area contributed by atoms with E-state index >= 15 is 0 Å². The highest BCUT2D eigenvalue weighted by Crippen LogP contribution is 2.31. The second kappa shape index (κ2) is 7.08. The van der Waals surface area contributed by atoms with Gasteiger partial charge in [-0.1, -0.05) is 52.4 Å². The van der Waals surface area contributed by atoms with Crippen LogP contribution >= 0.6 is 0 Å². The van der Waals surface area contributed by atoms with Gasteiger partial charge in [0.1, 0.15) is 0 Å². The lowest BCUT2D eigenvalue weighted by Gasteiger charge is -2.35. The Morgan fingerprint density at radius 2 is 1.74 bits per heavy atom. The maximum atomic E-state index is 10.7. The van der Waals surface area contributed by atoms with Crippen molar-refractivity contribution in [2.75, 3.05) is 6.54 Å². The van der Waals surface area contributed by atoms with Gasteiger partial charge < -0.3 is 10.4 Å². The fourth-order valence-corrected chi connectivity index (χ4v) is 3.92. The maximum absolute atomic E-state index is 10.7. The minimum Gasteiger partial charge on any atom is -0.389 e. The SMILES string of the molecule is CC(C)C1CCCC(NCC2(O)CCCCCC2)C1. The van der Waals surface area contributed by atoms with Crippen LogP contribution in [-0.4, -0.2) is 23.3 Å². The van der Waals surface area contributed by atoms with Gasteiger partial charge in [0.15, 0.2) is 0 Å². The molecular formula is C17H33NO. The Labute approximate surface area is 119 Å². The third-order valence-electron chi connectivity index (χ3n) is 5.41. The molecule has 2 heteroatoms. The lowest BCUT2D eigenvalue weighted by Crippen LogP contribution is -2.46. The molecular weight excluding hydrogens is 234 g/mol. The summed E-state index contributed by atoms with van der Waals surface area (Å²) in [6.45, 7) is 5.53. The Morgan fingerprint density at radius 3 is 2.37 bits per heavy atom. The van der Waals surface area contributed by atoms with E-state index in [1.54, 1.807) is 0 Å². The summed E-state index contributed by atoms with van der Waals surface area (Å²) in [7, 11) is 0. The fraction of sp³-hybridized carbons (Fsp3) is 1.00. The molecule has 0 radical (unpaired) electrons. The summed E-state index contributed by atoms with van der Waals surface area (Å²) in [5.74, 6) is 1.69. The molecule has 2 aliphatic rings. The van der Waals surface area contributed by atoms with Gasteiger partial charge in [0.05, 0.1) is 5.60 Å². The van der Waals surface area contributed by atoms with Gasteiger partial charge >= 0.3 is 0 Å².